The van der Waals surface area contributed by atoms with Crippen molar-refractivity contribution in [2.75, 3.05) is 12.4 Å². The first-order valence-electron chi connectivity index (χ1n) is 6.10. The van der Waals surface area contributed by atoms with Crippen molar-refractivity contribution in [2.24, 2.45) is 7.05 Å². The molecule has 0 saturated carbocycles. The van der Waals surface area contributed by atoms with Gasteiger partial charge in [-0.3, -0.25) is 0 Å². The zero-order valence-corrected chi connectivity index (χ0v) is 11.1. The standard InChI is InChI=1S/C12H19N5O/c1-4-5-7-17-8-6-13-12(17)14-10-9-11(18-3)16(2)15-10/h6,8-9H,4-5,7H2,1-3H3,(H,13,14,15). The number of rotatable bonds is 6. The van der Waals surface area contributed by atoms with Crippen LogP contribution in [0.3, 0.4) is 0 Å². The highest BCUT2D eigenvalue weighted by Crippen LogP contribution is 2.19. The lowest BCUT2D eigenvalue weighted by molar-refractivity contribution is 0.373. The van der Waals surface area contributed by atoms with Crippen molar-refractivity contribution in [2.45, 2.75) is 26.3 Å². The van der Waals surface area contributed by atoms with Crippen LogP contribution >= 0.6 is 0 Å². The van der Waals surface area contributed by atoms with E-state index < -0.39 is 0 Å². The maximum absolute atomic E-state index is 5.17. The number of imidazole rings is 1. The van der Waals surface area contributed by atoms with Gasteiger partial charge in [-0.25, -0.2) is 9.67 Å². The summed E-state index contributed by atoms with van der Waals surface area (Å²) in [5, 5.41) is 7.50. The third-order valence-corrected chi connectivity index (χ3v) is 2.75. The Balaban J connectivity index is 2.10. The fourth-order valence-corrected chi connectivity index (χ4v) is 1.76. The first kappa shape index (κ1) is 12.5. The number of methoxy groups -OCH3 is 1. The Hall–Kier alpha value is -1.98. The molecule has 0 aromatic carbocycles. The van der Waals surface area contributed by atoms with Gasteiger partial charge >= 0.3 is 0 Å². The van der Waals surface area contributed by atoms with Crippen LogP contribution < -0.4 is 10.1 Å². The molecule has 6 nitrogen and oxygen atoms in total. The van der Waals surface area contributed by atoms with Crippen LogP contribution in [0.1, 0.15) is 19.8 Å². The summed E-state index contributed by atoms with van der Waals surface area (Å²) in [5.74, 6) is 2.26. The van der Waals surface area contributed by atoms with Crippen molar-refractivity contribution < 1.29 is 4.74 Å². The van der Waals surface area contributed by atoms with E-state index in [9.17, 15) is 0 Å². The molecule has 18 heavy (non-hydrogen) atoms. The predicted molar refractivity (Wildman–Crippen MR) is 70.2 cm³/mol. The molecular weight excluding hydrogens is 230 g/mol. The number of ether oxygens (including phenoxy) is 1. The molecule has 0 aliphatic heterocycles. The van der Waals surface area contributed by atoms with Gasteiger partial charge in [0, 0.05) is 32.1 Å². The largest absolute Gasteiger partial charge is 0.481 e. The zero-order chi connectivity index (χ0) is 13.0. The predicted octanol–water partition coefficient (Wildman–Crippen LogP) is 2.17. The van der Waals surface area contributed by atoms with Crippen LogP contribution in [0, 0.1) is 0 Å². The van der Waals surface area contributed by atoms with Gasteiger partial charge in [0.1, 0.15) is 0 Å². The summed E-state index contributed by atoms with van der Waals surface area (Å²) >= 11 is 0. The molecule has 0 aliphatic rings. The summed E-state index contributed by atoms with van der Waals surface area (Å²) in [4.78, 5) is 4.29. The summed E-state index contributed by atoms with van der Waals surface area (Å²) in [6.07, 6.45) is 6.06. The maximum atomic E-state index is 5.17. The second-order valence-electron chi connectivity index (χ2n) is 4.12. The van der Waals surface area contributed by atoms with E-state index in [1.165, 1.54) is 0 Å². The lowest BCUT2D eigenvalue weighted by Crippen LogP contribution is -2.04. The number of hydrogen-bond acceptors (Lipinski definition) is 4. The molecule has 0 atom stereocenters. The summed E-state index contributed by atoms with van der Waals surface area (Å²) in [6.45, 7) is 3.14. The van der Waals surface area contributed by atoms with Crippen molar-refractivity contribution in [1.82, 2.24) is 19.3 Å². The van der Waals surface area contributed by atoms with E-state index in [2.05, 4.69) is 26.9 Å². The lowest BCUT2D eigenvalue weighted by Gasteiger charge is -2.06. The summed E-state index contributed by atoms with van der Waals surface area (Å²) in [6, 6.07) is 1.85. The van der Waals surface area contributed by atoms with Gasteiger partial charge in [0.25, 0.3) is 0 Å². The van der Waals surface area contributed by atoms with Crippen molar-refractivity contribution in [3.63, 3.8) is 0 Å². The molecule has 0 radical (unpaired) electrons. The van der Waals surface area contributed by atoms with E-state index in [0.29, 0.717) is 5.88 Å². The maximum Gasteiger partial charge on any atom is 0.213 e. The molecule has 2 aromatic rings. The average Bonchev–Trinajstić information content (AvgIpc) is 2.94. The minimum atomic E-state index is 0.712. The van der Waals surface area contributed by atoms with Crippen LogP contribution in [0.15, 0.2) is 18.5 Å². The third-order valence-electron chi connectivity index (χ3n) is 2.75. The van der Waals surface area contributed by atoms with Gasteiger partial charge in [0.15, 0.2) is 5.82 Å². The Morgan fingerprint density at radius 3 is 2.94 bits per heavy atom. The molecule has 0 spiro atoms. The molecule has 1 N–H and O–H groups in total. The quantitative estimate of drug-likeness (QED) is 0.852. The second-order valence-corrected chi connectivity index (χ2v) is 4.12. The summed E-state index contributed by atoms with van der Waals surface area (Å²) < 4.78 is 8.94. The molecule has 98 valence electrons. The highest BCUT2D eigenvalue weighted by atomic mass is 16.5. The number of aromatic nitrogens is 4. The van der Waals surface area contributed by atoms with Gasteiger partial charge in [0.2, 0.25) is 11.8 Å². The van der Waals surface area contributed by atoms with Crippen molar-refractivity contribution in [1.29, 1.82) is 0 Å². The van der Waals surface area contributed by atoms with E-state index in [1.807, 2.05) is 19.3 Å². The van der Waals surface area contributed by atoms with Gasteiger partial charge in [0.05, 0.1) is 7.11 Å². The summed E-state index contributed by atoms with van der Waals surface area (Å²) in [5.41, 5.74) is 0. The Bertz CT molecular complexity index is 502. The molecule has 2 heterocycles. The molecule has 0 bridgehead atoms. The molecule has 0 saturated heterocycles. The molecule has 6 heteroatoms. The van der Waals surface area contributed by atoms with Crippen LogP contribution in [-0.4, -0.2) is 26.4 Å². The van der Waals surface area contributed by atoms with E-state index in [4.69, 9.17) is 4.74 Å². The van der Waals surface area contributed by atoms with Crippen LogP contribution in [0.25, 0.3) is 0 Å². The topological polar surface area (TPSA) is 56.9 Å². The van der Waals surface area contributed by atoms with Crippen LogP contribution in [0.2, 0.25) is 0 Å². The lowest BCUT2D eigenvalue weighted by atomic mass is 10.3. The molecular formula is C12H19N5O. The molecule has 2 aromatic heterocycles. The Kier molecular flexibility index (Phi) is 3.86. The van der Waals surface area contributed by atoms with Gasteiger partial charge in [-0.1, -0.05) is 13.3 Å². The van der Waals surface area contributed by atoms with Crippen molar-refractivity contribution in [3.8, 4) is 5.88 Å². The minimum Gasteiger partial charge on any atom is -0.481 e. The first-order valence-corrected chi connectivity index (χ1v) is 6.10. The van der Waals surface area contributed by atoms with Crippen molar-refractivity contribution in [3.05, 3.63) is 18.5 Å². The van der Waals surface area contributed by atoms with Gasteiger partial charge in [-0.2, -0.15) is 5.10 Å². The SMILES string of the molecule is CCCCn1ccnc1Nc1cc(OC)n(C)n1. The zero-order valence-electron chi connectivity index (χ0n) is 11.1. The van der Waals surface area contributed by atoms with E-state index >= 15 is 0 Å². The van der Waals surface area contributed by atoms with Gasteiger partial charge in [-0.05, 0) is 6.42 Å². The number of hydrogen-bond donors (Lipinski definition) is 1. The number of aryl methyl sites for hydroxylation is 2. The normalized spacial score (nSPS) is 10.6. The number of nitrogens with one attached hydrogen (secondary N) is 1. The molecule has 0 amide bonds. The molecule has 0 unspecified atom stereocenters. The third kappa shape index (κ3) is 2.64. The van der Waals surface area contributed by atoms with E-state index in [-0.39, 0.29) is 0 Å². The van der Waals surface area contributed by atoms with Crippen LogP contribution in [0.4, 0.5) is 11.8 Å². The Morgan fingerprint density at radius 1 is 1.44 bits per heavy atom. The van der Waals surface area contributed by atoms with E-state index in [1.54, 1.807) is 18.0 Å². The average molecular weight is 249 g/mol. The molecule has 2 rings (SSSR count). The number of anilines is 2. The van der Waals surface area contributed by atoms with Gasteiger partial charge in [-0.15, -0.1) is 0 Å². The second kappa shape index (κ2) is 5.57. The smallest absolute Gasteiger partial charge is 0.213 e. The fourth-order valence-electron chi connectivity index (χ4n) is 1.76. The molecule has 0 fully saturated rings. The molecule has 0 aliphatic carbocycles. The number of nitrogens with zero attached hydrogens (tertiary/aromatic N) is 4. The van der Waals surface area contributed by atoms with Gasteiger partial charge < -0.3 is 14.6 Å². The van der Waals surface area contributed by atoms with Crippen molar-refractivity contribution >= 4 is 11.8 Å². The Labute approximate surface area is 107 Å². The van der Waals surface area contributed by atoms with Crippen LogP contribution in [0.5, 0.6) is 5.88 Å². The minimum absolute atomic E-state index is 0.712. The summed E-state index contributed by atoms with van der Waals surface area (Å²) in [7, 11) is 3.47. The Morgan fingerprint density at radius 2 is 2.28 bits per heavy atom. The fraction of sp³-hybridized carbons (Fsp3) is 0.500. The highest BCUT2D eigenvalue weighted by molar-refractivity contribution is 5.49. The van der Waals surface area contributed by atoms with E-state index in [0.717, 1.165) is 31.2 Å². The highest BCUT2D eigenvalue weighted by Gasteiger charge is 2.08. The van der Waals surface area contributed by atoms with Crippen LogP contribution in [-0.2, 0) is 13.6 Å². The number of unbranched alkanes of at least 4 members (excludes halogenated alkanes) is 1. The first-order chi connectivity index (χ1) is 8.74. The monoisotopic (exact) mass is 249 g/mol.